The van der Waals surface area contributed by atoms with Crippen LogP contribution in [0.3, 0.4) is 0 Å². The summed E-state index contributed by atoms with van der Waals surface area (Å²) >= 11 is 0. The Morgan fingerprint density at radius 1 is 1.36 bits per heavy atom. The number of carbonyl (C=O) groups excluding carboxylic acids is 1. The first-order valence-electron chi connectivity index (χ1n) is 8.10. The second-order valence-corrected chi connectivity index (χ2v) is 5.97. The zero-order valence-electron chi connectivity index (χ0n) is 13.9. The van der Waals surface area contributed by atoms with E-state index in [0.717, 1.165) is 44.4 Å². The number of nitrogens with zero attached hydrogens (tertiary/aromatic N) is 1. The van der Waals surface area contributed by atoms with Crippen molar-refractivity contribution in [1.82, 2.24) is 20.6 Å². The highest BCUT2D eigenvalue weighted by Gasteiger charge is 2.19. The maximum atomic E-state index is 11.7. The van der Waals surface area contributed by atoms with Crippen molar-refractivity contribution in [2.45, 2.75) is 6.54 Å². The number of hydrogen-bond donors (Lipinski definition) is 3. The average Bonchev–Trinajstić information content (AvgIpc) is 3.22. The van der Waals surface area contributed by atoms with E-state index >= 15 is 0 Å². The number of hydrogen-bond acceptors (Lipinski definition) is 3. The molecule has 1 amide bonds. The maximum absolute atomic E-state index is 11.7. The molecule has 4 rings (SSSR count). The molecule has 5 heteroatoms. The third-order valence-electron chi connectivity index (χ3n) is 4.48. The normalized spacial score (nSPS) is 13.6. The number of amides is 1. The summed E-state index contributed by atoms with van der Waals surface area (Å²) in [6.07, 6.45) is 7.49. The summed E-state index contributed by atoms with van der Waals surface area (Å²) in [7, 11) is 1.86. The van der Waals surface area contributed by atoms with Gasteiger partial charge in [-0.15, -0.1) is 0 Å². The largest absolute Gasteiger partial charge is 0.393 e. The Morgan fingerprint density at radius 3 is 3.04 bits per heavy atom. The lowest BCUT2D eigenvalue weighted by molar-refractivity contribution is 0.0966. The smallest absolute Gasteiger partial charge is 0.251 e. The Hall–Kier alpha value is -3.34. The van der Waals surface area contributed by atoms with Gasteiger partial charge in [-0.2, -0.15) is 0 Å². The second-order valence-electron chi connectivity index (χ2n) is 5.97. The highest BCUT2D eigenvalue weighted by molar-refractivity contribution is 6.00. The monoisotopic (exact) mass is 334 g/mol. The first-order valence-corrected chi connectivity index (χ1v) is 8.10. The van der Waals surface area contributed by atoms with Crippen LogP contribution in [0.4, 0.5) is 0 Å². The number of carbonyl (C=O) groups is 1. The summed E-state index contributed by atoms with van der Waals surface area (Å²) in [5.41, 5.74) is 6.73. The molecule has 25 heavy (non-hydrogen) atoms. The van der Waals surface area contributed by atoms with Crippen LogP contribution in [0.15, 0.2) is 55.5 Å². The molecule has 0 aliphatic carbocycles. The van der Waals surface area contributed by atoms with Crippen LogP contribution < -0.4 is 10.6 Å². The topological polar surface area (TPSA) is 69.8 Å². The number of aromatic amines is 1. The van der Waals surface area contributed by atoms with Crippen molar-refractivity contribution < 1.29 is 7.65 Å². The zero-order valence-corrected chi connectivity index (χ0v) is 13.9. The zero-order chi connectivity index (χ0) is 17.4. The highest BCUT2D eigenvalue weighted by atomic mass is 16.1. The number of fused-ring (bicyclic) bond motifs is 2. The van der Waals surface area contributed by atoms with E-state index in [9.17, 15) is 4.79 Å². The number of H-pyrrole nitrogens is 1. The Kier molecular flexibility index (Phi) is 3.61. The molecule has 0 saturated heterocycles. The molecule has 0 atom stereocenters. The predicted molar refractivity (Wildman–Crippen MR) is 104 cm³/mol. The molecule has 0 radical (unpaired) electrons. The molecule has 2 aromatic heterocycles. The van der Waals surface area contributed by atoms with E-state index in [4.69, 9.17) is 0 Å². The van der Waals surface area contributed by atoms with E-state index in [1.807, 2.05) is 37.8 Å². The van der Waals surface area contributed by atoms with Gasteiger partial charge in [0.25, 0.3) is 5.91 Å². The SMILES string of the molecule is C=C/C(=C\NC)c1cnc2[nH]cc(-c3ccc4c(c3)CNC4=O)c2c1.[HH].[HH]. The number of aromatic nitrogens is 2. The third-order valence-corrected chi connectivity index (χ3v) is 4.48. The molecule has 0 saturated carbocycles. The van der Waals surface area contributed by atoms with Gasteiger partial charge in [0.2, 0.25) is 0 Å². The molecule has 1 aliphatic rings. The van der Waals surface area contributed by atoms with Crippen LogP contribution in [0, 0.1) is 0 Å². The van der Waals surface area contributed by atoms with Gasteiger partial charge in [-0.05, 0) is 34.9 Å². The summed E-state index contributed by atoms with van der Waals surface area (Å²) < 4.78 is 0. The van der Waals surface area contributed by atoms with Gasteiger partial charge < -0.3 is 15.6 Å². The molecule has 0 unspecified atom stereocenters. The van der Waals surface area contributed by atoms with E-state index in [2.05, 4.69) is 39.3 Å². The van der Waals surface area contributed by atoms with E-state index in [0.29, 0.717) is 6.54 Å². The minimum absolute atomic E-state index is 0. The average molecular weight is 334 g/mol. The number of allylic oxidation sites excluding steroid dienone is 2. The van der Waals surface area contributed by atoms with Crippen LogP contribution in [0.2, 0.25) is 0 Å². The standard InChI is InChI=1S/C20H18N4O.2H2/c1-3-12(8-21-2)14-7-17-18(11-23-19(17)22-9-14)13-4-5-16-15(6-13)10-24-20(16)25;;/h3-9,11,21H,1,10H2,2H3,(H,22,23)(H,24,25);2*1H/b12-8+;;. The molecule has 5 nitrogen and oxygen atoms in total. The van der Waals surface area contributed by atoms with Gasteiger partial charge in [-0.25, -0.2) is 4.98 Å². The summed E-state index contributed by atoms with van der Waals surface area (Å²) in [5, 5.41) is 6.93. The second kappa shape index (κ2) is 5.94. The van der Waals surface area contributed by atoms with Crippen LogP contribution in [0.5, 0.6) is 0 Å². The van der Waals surface area contributed by atoms with Gasteiger partial charge in [0.15, 0.2) is 0 Å². The summed E-state index contributed by atoms with van der Waals surface area (Å²) in [6.45, 7) is 4.45. The van der Waals surface area contributed by atoms with Crippen LogP contribution in [0.25, 0.3) is 27.7 Å². The van der Waals surface area contributed by atoms with E-state index < -0.39 is 0 Å². The predicted octanol–water partition coefficient (Wildman–Crippen LogP) is 3.71. The minimum Gasteiger partial charge on any atom is -0.393 e. The first kappa shape index (κ1) is 15.2. The Balaban J connectivity index is 0.00000131. The Bertz CT molecular complexity index is 1040. The quantitative estimate of drug-likeness (QED) is 0.637. The van der Waals surface area contributed by atoms with Crippen molar-refractivity contribution in [3.8, 4) is 11.1 Å². The van der Waals surface area contributed by atoms with Crippen molar-refractivity contribution in [3.63, 3.8) is 0 Å². The molecule has 0 bridgehead atoms. The molecule has 3 N–H and O–H groups in total. The van der Waals surface area contributed by atoms with Gasteiger partial charge in [-0.3, -0.25) is 4.79 Å². The molecular formula is C20H22N4O. The molecule has 0 fully saturated rings. The fourth-order valence-corrected chi connectivity index (χ4v) is 3.22. The maximum Gasteiger partial charge on any atom is 0.251 e. The van der Waals surface area contributed by atoms with E-state index in [1.165, 1.54) is 0 Å². The third kappa shape index (κ3) is 2.50. The summed E-state index contributed by atoms with van der Waals surface area (Å²) in [6, 6.07) is 8.05. The number of nitrogens with one attached hydrogen (secondary N) is 3. The van der Waals surface area contributed by atoms with Crippen molar-refractivity contribution in [2.24, 2.45) is 0 Å². The number of benzene rings is 1. The van der Waals surface area contributed by atoms with Gasteiger partial charge in [0.05, 0.1) is 0 Å². The number of rotatable bonds is 4. The highest BCUT2D eigenvalue weighted by Crippen LogP contribution is 2.32. The molecule has 1 aromatic carbocycles. The van der Waals surface area contributed by atoms with Gasteiger partial charge in [0, 0.05) is 57.1 Å². The first-order chi connectivity index (χ1) is 12.2. The molecular weight excluding hydrogens is 312 g/mol. The summed E-state index contributed by atoms with van der Waals surface area (Å²) in [5.74, 6) is -0.00254. The van der Waals surface area contributed by atoms with Gasteiger partial charge in [0.1, 0.15) is 5.65 Å². The fourth-order valence-electron chi connectivity index (χ4n) is 3.22. The van der Waals surface area contributed by atoms with E-state index in [1.54, 1.807) is 6.08 Å². The van der Waals surface area contributed by atoms with Crippen LogP contribution in [-0.2, 0) is 6.54 Å². The van der Waals surface area contributed by atoms with Crippen molar-refractivity contribution in [2.75, 3.05) is 7.05 Å². The molecule has 128 valence electrons. The van der Waals surface area contributed by atoms with Crippen molar-refractivity contribution in [3.05, 3.63) is 72.2 Å². The Morgan fingerprint density at radius 2 is 2.24 bits per heavy atom. The molecule has 0 spiro atoms. The Labute approximate surface area is 148 Å². The van der Waals surface area contributed by atoms with Gasteiger partial charge >= 0.3 is 0 Å². The fraction of sp³-hybridized carbons (Fsp3) is 0.100. The lowest BCUT2D eigenvalue weighted by atomic mass is 9.99. The molecule has 1 aliphatic heterocycles. The van der Waals surface area contributed by atoms with Crippen LogP contribution >= 0.6 is 0 Å². The van der Waals surface area contributed by atoms with Crippen molar-refractivity contribution >= 4 is 22.5 Å². The van der Waals surface area contributed by atoms with Gasteiger partial charge in [-0.1, -0.05) is 18.7 Å². The minimum atomic E-state index is -0.00254. The van der Waals surface area contributed by atoms with E-state index in [-0.39, 0.29) is 8.76 Å². The van der Waals surface area contributed by atoms with Crippen LogP contribution in [-0.4, -0.2) is 22.9 Å². The number of pyridine rings is 1. The van der Waals surface area contributed by atoms with Crippen LogP contribution in [0.1, 0.15) is 24.3 Å². The molecule has 3 heterocycles. The lowest BCUT2D eigenvalue weighted by Crippen LogP contribution is -2.12. The van der Waals surface area contributed by atoms with Crippen molar-refractivity contribution in [1.29, 1.82) is 0 Å². The summed E-state index contributed by atoms with van der Waals surface area (Å²) in [4.78, 5) is 19.5. The molecule has 3 aromatic rings. The lowest BCUT2D eigenvalue weighted by Gasteiger charge is -2.05.